The summed E-state index contributed by atoms with van der Waals surface area (Å²) in [6.45, 7) is 6.08. The third-order valence-electron chi connectivity index (χ3n) is 9.74. The van der Waals surface area contributed by atoms with Gasteiger partial charge in [-0.3, -0.25) is 0 Å². The molecule has 0 aromatic carbocycles. The van der Waals surface area contributed by atoms with Gasteiger partial charge in [0.2, 0.25) is 0 Å². The van der Waals surface area contributed by atoms with Crippen LogP contribution in [-0.2, 0) is 4.74 Å². The topological polar surface area (TPSA) is 9.23 Å². The van der Waals surface area contributed by atoms with Gasteiger partial charge in [0.05, 0.1) is 0 Å². The minimum Gasteiger partial charge on any atom is -0.385 e. The van der Waals surface area contributed by atoms with Crippen LogP contribution in [0.4, 0.5) is 0 Å². The van der Waals surface area contributed by atoms with Crippen LogP contribution in [0.15, 0.2) is 0 Å². The van der Waals surface area contributed by atoms with Crippen LogP contribution >= 0.6 is 0 Å². The Morgan fingerprint density at radius 3 is 2.56 bits per heavy atom. The average molecular weight is 347 g/mol. The van der Waals surface area contributed by atoms with Gasteiger partial charge in [0.25, 0.3) is 0 Å². The van der Waals surface area contributed by atoms with Crippen molar-refractivity contribution < 1.29 is 4.74 Å². The summed E-state index contributed by atoms with van der Waals surface area (Å²) in [7, 11) is 1.86. The Labute approximate surface area is 156 Å². The number of hydrogen-bond donors (Lipinski definition) is 0. The van der Waals surface area contributed by atoms with E-state index >= 15 is 0 Å². The Balaban J connectivity index is 1.43. The number of ether oxygens (including phenoxy) is 1. The molecule has 4 aliphatic carbocycles. The first-order chi connectivity index (χ1) is 12.2. The summed E-state index contributed by atoms with van der Waals surface area (Å²) in [4.78, 5) is 0. The summed E-state index contributed by atoms with van der Waals surface area (Å²) in [5.74, 6) is 7.51. The summed E-state index contributed by atoms with van der Waals surface area (Å²) in [6, 6.07) is 0. The minimum absolute atomic E-state index is 0.669. The lowest BCUT2D eigenvalue weighted by Gasteiger charge is -2.56. The largest absolute Gasteiger partial charge is 0.385 e. The van der Waals surface area contributed by atoms with E-state index in [0.29, 0.717) is 5.41 Å². The van der Waals surface area contributed by atoms with Gasteiger partial charge in [-0.25, -0.2) is 0 Å². The van der Waals surface area contributed by atoms with Gasteiger partial charge in [0.1, 0.15) is 0 Å². The Morgan fingerprint density at radius 1 is 0.920 bits per heavy atom. The van der Waals surface area contributed by atoms with Crippen molar-refractivity contribution in [2.24, 2.45) is 46.8 Å². The van der Waals surface area contributed by atoms with Crippen molar-refractivity contribution in [3.63, 3.8) is 0 Å². The highest BCUT2D eigenvalue weighted by atomic mass is 16.5. The second kappa shape index (κ2) is 7.53. The van der Waals surface area contributed by atoms with Crippen molar-refractivity contribution in [2.45, 2.75) is 90.9 Å². The lowest BCUT2D eigenvalue weighted by molar-refractivity contribution is -0.0694. The van der Waals surface area contributed by atoms with E-state index < -0.39 is 0 Å². The van der Waals surface area contributed by atoms with Gasteiger partial charge in [-0.2, -0.15) is 0 Å². The average Bonchev–Trinajstić information content (AvgIpc) is 2.98. The molecule has 0 N–H and O–H groups in total. The van der Waals surface area contributed by atoms with Crippen molar-refractivity contribution in [1.82, 2.24) is 0 Å². The molecule has 1 nitrogen and oxygen atoms in total. The van der Waals surface area contributed by atoms with Crippen molar-refractivity contribution in [2.75, 3.05) is 13.7 Å². The molecule has 0 amide bonds. The van der Waals surface area contributed by atoms with Gasteiger partial charge in [-0.05, 0) is 111 Å². The molecule has 0 aliphatic heterocycles. The first-order valence-electron chi connectivity index (χ1n) is 11.7. The van der Waals surface area contributed by atoms with Crippen molar-refractivity contribution in [3.05, 3.63) is 0 Å². The Bertz CT molecular complexity index is 445. The molecule has 0 bridgehead atoms. The molecule has 8 atom stereocenters. The van der Waals surface area contributed by atoms with Crippen molar-refractivity contribution in [3.8, 4) is 0 Å². The molecule has 7 unspecified atom stereocenters. The Morgan fingerprint density at radius 2 is 1.76 bits per heavy atom. The Hall–Kier alpha value is -0.0400. The highest BCUT2D eigenvalue weighted by Gasteiger charge is 2.56. The lowest BCUT2D eigenvalue weighted by atomic mass is 9.49. The van der Waals surface area contributed by atoms with Crippen LogP contribution < -0.4 is 0 Å². The van der Waals surface area contributed by atoms with Crippen LogP contribution in [0.25, 0.3) is 0 Å². The fourth-order valence-electron chi connectivity index (χ4n) is 8.38. The third-order valence-corrected chi connectivity index (χ3v) is 9.74. The fraction of sp³-hybridized carbons (Fsp3) is 1.00. The molecule has 4 rings (SSSR count). The maximum Gasteiger partial charge on any atom is 0.0462 e. The van der Waals surface area contributed by atoms with Crippen LogP contribution in [0.1, 0.15) is 90.9 Å². The van der Waals surface area contributed by atoms with Gasteiger partial charge < -0.3 is 4.74 Å². The summed E-state index contributed by atoms with van der Waals surface area (Å²) in [5.41, 5.74) is 0.669. The Kier molecular flexibility index (Phi) is 5.52. The van der Waals surface area contributed by atoms with E-state index in [0.717, 1.165) is 48.0 Å². The summed E-state index contributed by atoms with van der Waals surface area (Å²) >= 11 is 0. The maximum absolute atomic E-state index is 5.33. The van der Waals surface area contributed by atoms with E-state index in [1.54, 1.807) is 44.9 Å². The SMILES string of the molecule is CC[C@H]1CCC2C(CCC3C2CCC2(C)C(CCCOC)CCC32)C1. The van der Waals surface area contributed by atoms with Crippen LogP contribution in [0, 0.1) is 46.8 Å². The standard InChI is InChI=1S/C24H42O/c1-4-17-7-10-20-18(16-17)8-11-22-21(20)13-14-24(2)19(6-5-15-25-3)9-12-23(22)24/h17-23H,4-16H2,1-3H3/t17-,18?,19?,20?,21?,22?,23?,24?/m0/s1. The highest BCUT2D eigenvalue weighted by molar-refractivity contribution is 5.05. The van der Waals surface area contributed by atoms with E-state index in [4.69, 9.17) is 4.74 Å². The van der Waals surface area contributed by atoms with Gasteiger partial charge in [0.15, 0.2) is 0 Å². The first-order valence-corrected chi connectivity index (χ1v) is 11.7. The predicted molar refractivity (Wildman–Crippen MR) is 105 cm³/mol. The van der Waals surface area contributed by atoms with E-state index in [-0.39, 0.29) is 0 Å². The smallest absolute Gasteiger partial charge is 0.0462 e. The molecule has 1 heteroatoms. The van der Waals surface area contributed by atoms with Crippen molar-refractivity contribution in [1.29, 1.82) is 0 Å². The van der Waals surface area contributed by atoms with Crippen LogP contribution in [0.3, 0.4) is 0 Å². The molecule has 4 saturated carbocycles. The van der Waals surface area contributed by atoms with E-state index in [9.17, 15) is 0 Å². The number of methoxy groups -OCH3 is 1. The molecular weight excluding hydrogens is 304 g/mol. The predicted octanol–water partition coefficient (Wildman–Crippen LogP) is 6.71. The normalized spacial score (nSPS) is 49.3. The minimum atomic E-state index is 0.669. The summed E-state index contributed by atoms with van der Waals surface area (Å²) in [5, 5.41) is 0. The second-order valence-electron chi connectivity index (χ2n) is 10.5. The third kappa shape index (κ3) is 3.21. The molecule has 0 radical (unpaired) electrons. The first kappa shape index (κ1) is 18.3. The van der Waals surface area contributed by atoms with Crippen molar-refractivity contribution >= 4 is 0 Å². The monoisotopic (exact) mass is 346 g/mol. The fourth-order valence-corrected chi connectivity index (χ4v) is 8.38. The molecule has 0 aromatic rings. The molecule has 25 heavy (non-hydrogen) atoms. The van der Waals surface area contributed by atoms with Gasteiger partial charge in [0, 0.05) is 13.7 Å². The zero-order valence-electron chi connectivity index (χ0n) is 17.1. The molecule has 4 aliphatic rings. The van der Waals surface area contributed by atoms with Gasteiger partial charge in [-0.15, -0.1) is 0 Å². The number of fused-ring (bicyclic) bond motifs is 5. The highest BCUT2D eigenvalue weighted by Crippen LogP contribution is 2.65. The zero-order chi connectivity index (χ0) is 17.4. The summed E-state index contributed by atoms with van der Waals surface area (Å²) < 4.78 is 5.33. The van der Waals surface area contributed by atoms with E-state index in [2.05, 4.69) is 13.8 Å². The maximum atomic E-state index is 5.33. The van der Waals surface area contributed by atoms with E-state index in [1.807, 2.05) is 7.11 Å². The molecule has 4 fully saturated rings. The van der Waals surface area contributed by atoms with Gasteiger partial charge >= 0.3 is 0 Å². The lowest BCUT2D eigenvalue weighted by Crippen LogP contribution is -2.48. The van der Waals surface area contributed by atoms with Crippen LogP contribution in [0.2, 0.25) is 0 Å². The molecular formula is C24H42O. The molecule has 0 spiro atoms. The number of hydrogen-bond acceptors (Lipinski definition) is 1. The molecule has 0 saturated heterocycles. The molecule has 0 heterocycles. The van der Waals surface area contributed by atoms with Crippen LogP contribution in [-0.4, -0.2) is 13.7 Å². The van der Waals surface area contributed by atoms with Gasteiger partial charge in [-0.1, -0.05) is 26.7 Å². The molecule has 0 aromatic heterocycles. The van der Waals surface area contributed by atoms with E-state index in [1.165, 1.54) is 32.1 Å². The summed E-state index contributed by atoms with van der Waals surface area (Å²) in [6.07, 6.45) is 18.1. The zero-order valence-corrected chi connectivity index (χ0v) is 17.1. The quantitative estimate of drug-likeness (QED) is 0.503. The molecule has 144 valence electrons. The number of rotatable bonds is 5. The van der Waals surface area contributed by atoms with Crippen LogP contribution in [0.5, 0.6) is 0 Å². The second-order valence-corrected chi connectivity index (χ2v) is 10.5.